The number of primary amides is 1. The van der Waals surface area contributed by atoms with E-state index >= 15 is 0 Å². The molecule has 1 aromatic carbocycles. The lowest BCUT2D eigenvalue weighted by atomic mass is 10.2. The number of ether oxygens (including phenoxy) is 2. The Morgan fingerprint density at radius 3 is 2.86 bits per heavy atom. The highest BCUT2D eigenvalue weighted by Gasteiger charge is 2.30. The predicted octanol–water partition coefficient (Wildman–Crippen LogP) is 1.04. The average molecular weight is 517 g/mol. The summed E-state index contributed by atoms with van der Waals surface area (Å²) in [6, 6.07) is 8.19. The Bertz CT molecular complexity index is 682. The number of nitrogens with one attached hydrogen (secondary N) is 1. The molecule has 0 radical (unpaired) electrons. The zero-order valence-corrected chi connectivity index (χ0v) is 19.3. The zero-order chi connectivity index (χ0) is 19.8. The van der Waals surface area contributed by atoms with Gasteiger partial charge in [-0.15, -0.1) is 24.0 Å². The maximum absolute atomic E-state index is 10.9. The van der Waals surface area contributed by atoms with E-state index in [1.165, 1.54) is 0 Å². The van der Waals surface area contributed by atoms with Crippen LogP contribution in [0.1, 0.15) is 18.9 Å². The van der Waals surface area contributed by atoms with Gasteiger partial charge >= 0.3 is 0 Å². The molecule has 1 aromatic rings. The van der Waals surface area contributed by atoms with Crippen LogP contribution in [-0.4, -0.2) is 80.3 Å². The molecule has 1 unspecified atom stereocenters. The molecule has 2 saturated heterocycles. The van der Waals surface area contributed by atoms with Crippen LogP contribution < -0.4 is 15.8 Å². The first kappa shape index (κ1) is 23.7. The second-order valence-electron chi connectivity index (χ2n) is 7.11. The van der Waals surface area contributed by atoms with Gasteiger partial charge in [0.2, 0.25) is 0 Å². The molecule has 2 aliphatic heterocycles. The van der Waals surface area contributed by atoms with E-state index in [0.29, 0.717) is 18.3 Å². The van der Waals surface area contributed by atoms with Gasteiger partial charge in [0, 0.05) is 38.8 Å². The van der Waals surface area contributed by atoms with E-state index in [4.69, 9.17) is 20.2 Å². The normalized spacial score (nSPS) is 20.2. The number of amides is 1. The van der Waals surface area contributed by atoms with Crippen molar-refractivity contribution in [3.8, 4) is 5.75 Å². The van der Waals surface area contributed by atoms with E-state index in [0.717, 1.165) is 63.9 Å². The third kappa shape index (κ3) is 7.31. The quantitative estimate of drug-likeness (QED) is 0.319. The molecule has 1 amide bonds. The molecule has 0 spiro atoms. The molecule has 0 aliphatic carbocycles. The first-order valence-electron chi connectivity index (χ1n) is 10.0. The van der Waals surface area contributed by atoms with E-state index in [1.807, 2.05) is 24.3 Å². The molecule has 3 N–H and O–H groups in total. The number of morpholine rings is 1. The minimum atomic E-state index is -0.485. The van der Waals surface area contributed by atoms with Crippen molar-refractivity contribution in [1.82, 2.24) is 15.1 Å². The van der Waals surface area contributed by atoms with E-state index < -0.39 is 5.91 Å². The summed E-state index contributed by atoms with van der Waals surface area (Å²) in [7, 11) is 0. The van der Waals surface area contributed by atoms with Crippen molar-refractivity contribution >= 4 is 35.8 Å². The topological polar surface area (TPSA) is 92.4 Å². The second kappa shape index (κ2) is 12.2. The summed E-state index contributed by atoms with van der Waals surface area (Å²) in [6.45, 7) is 9.05. The highest BCUT2D eigenvalue weighted by Crippen LogP contribution is 2.18. The molecule has 2 aliphatic rings. The largest absolute Gasteiger partial charge is 0.484 e. The molecule has 1 atom stereocenters. The number of benzene rings is 1. The number of hydrogen-bond acceptors (Lipinski definition) is 5. The van der Waals surface area contributed by atoms with Gasteiger partial charge in [0.15, 0.2) is 12.6 Å². The molecule has 3 rings (SSSR count). The van der Waals surface area contributed by atoms with E-state index in [-0.39, 0.29) is 30.6 Å². The zero-order valence-electron chi connectivity index (χ0n) is 17.0. The van der Waals surface area contributed by atoms with Crippen molar-refractivity contribution in [3.63, 3.8) is 0 Å². The van der Waals surface area contributed by atoms with Crippen molar-refractivity contribution in [1.29, 1.82) is 0 Å². The monoisotopic (exact) mass is 517 g/mol. The van der Waals surface area contributed by atoms with Gasteiger partial charge in [-0.05, 0) is 31.0 Å². The SMILES string of the molecule is CCNC(=NCc1cccc(OCC(N)=O)c1)N1CCC(N2CCOCC2)C1.I. The summed E-state index contributed by atoms with van der Waals surface area (Å²) < 4.78 is 10.9. The van der Waals surface area contributed by atoms with Crippen LogP contribution in [0.15, 0.2) is 29.3 Å². The van der Waals surface area contributed by atoms with Gasteiger partial charge in [0.1, 0.15) is 5.75 Å². The fourth-order valence-corrected chi connectivity index (χ4v) is 3.65. The first-order valence-corrected chi connectivity index (χ1v) is 10.0. The Kier molecular flexibility index (Phi) is 9.95. The van der Waals surface area contributed by atoms with Crippen molar-refractivity contribution in [2.24, 2.45) is 10.7 Å². The maximum atomic E-state index is 10.9. The molecule has 0 aromatic heterocycles. The molecule has 0 bridgehead atoms. The minimum absolute atomic E-state index is 0. The van der Waals surface area contributed by atoms with Gasteiger partial charge in [-0.1, -0.05) is 12.1 Å². The van der Waals surface area contributed by atoms with Crippen molar-refractivity contribution in [3.05, 3.63) is 29.8 Å². The standard InChI is InChI=1S/C20H31N5O3.HI/c1-2-22-20(25-7-6-17(14-25)24-8-10-27-11-9-24)23-13-16-4-3-5-18(12-16)28-15-19(21)26;/h3-5,12,17H,2,6-11,13-15H2,1H3,(H2,21,26)(H,22,23);1H. The highest BCUT2D eigenvalue weighted by atomic mass is 127. The molecule has 9 heteroatoms. The molecule has 2 heterocycles. The second-order valence-corrected chi connectivity index (χ2v) is 7.11. The lowest BCUT2D eigenvalue weighted by molar-refractivity contribution is -0.119. The van der Waals surface area contributed by atoms with Crippen LogP contribution in [0.3, 0.4) is 0 Å². The predicted molar refractivity (Wildman–Crippen MR) is 124 cm³/mol. The van der Waals surface area contributed by atoms with E-state index in [2.05, 4.69) is 22.0 Å². The van der Waals surface area contributed by atoms with Crippen LogP contribution in [-0.2, 0) is 16.1 Å². The fraction of sp³-hybridized carbons (Fsp3) is 0.600. The van der Waals surface area contributed by atoms with Crippen molar-refractivity contribution in [2.75, 3.05) is 52.5 Å². The number of likely N-dealkylation sites (tertiary alicyclic amines) is 1. The average Bonchev–Trinajstić information content (AvgIpc) is 3.21. The number of nitrogens with zero attached hydrogens (tertiary/aromatic N) is 3. The summed E-state index contributed by atoms with van der Waals surface area (Å²) in [5.41, 5.74) is 6.16. The summed E-state index contributed by atoms with van der Waals surface area (Å²) in [5, 5.41) is 3.41. The summed E-state index contributed by atoms with van der Waals surface area (Å²) in [5.74, 6) is 1.09. The third-order valence-electron chi connectivity index (χ3n) is 5.05. The van der Waals surface area contributed by atoms with Crippen LogP contribution in [0.4, 0.5) is 0 Å². The van der Waals surface area contributed by atoms with E-state index in [1.54, 1.807) is 0 Å². The van der Waals surface area contributed by atoms with Gasteiger partial charge < -0.3 is 25.4 Å². The molecule has 0 saturated carbocycles. The third-order valence-corrected chi connectivity index (χ3v) is 5.05. The van der Waals surface area contributed by atoms with E-state index in [9.17, 15) is 4.79 Å². The van der Waals surface area contributed by atoms with Crippen LogP contribution >= 0.6 is 24.0 Å². The number of hydrogen-bond donors (Lipinski definition) is 2. The van der Waals surface area contributed by atoms with Gasteiger partial charge in [0.25, 0.3) is 5.91 Å². The lowest BCUT2D eigenvalue weighted by Gasteiger charge is -2.32. The van der Waals surface area contributed by atoms with Crippen LogP contribution in [0.5, 0.6) is 5.75 Å². The van der Waals surface area contributed by atoms with Crippen LogP contribution in [0.2, 0.25) is 0 Å². The Morgan fingerprint density at radius 2 is 2.14 bits per heavy atom. The summed E-state index contributed by atoms with van der Waals surface area (Å²) >= 11 is 0. The Morgan fingerprint density at radius 1 is 1.34 bits per heavy atom. The van der Waals surface area contributed by atoms with Gasteiger partial charge in [-0.2, -0.15) is 0 Å². The fourth-order valence-electron chi connectivity index (χ4n) is 3.65. The van der Waals surface area contributed by atoms with Crippen molar-refractivity contribution < 1.29 is 14.3 Å². The molecule has 2 fully saturated rings. The Hall–Kier alpha value is -1.59. The Labute approximate surface area is 189 Å². The van der Waals surface area contributed by atoms with Crippen molar-refractivity contribution in [2.45, 2.75) is 25.9 Å². The molecule has 29 heavy (non-hydrogen) atoms. The number of guanidine groups is 1. The molecule has 8 nitrogen and oxygen atoms in total. The smallest absolute Gasteiger partial charge is 0.255 e. The minimum Gasteiger partial charge on any atom is -0.484 e. The number of aliphatic imine (C=N–C) groups is 1. The first-order chi connectivity index (χ1) is 13.7. The number of nitrogens with two attached hydrogens (primary N) is 1. The van der Waals surface area contributed by atoms with Crippen LogP contribution in [0.25, 0.3) is 0 Å². The van der Waals surface area contributed by atoms with Gasteiger partial charge in [0.05, 0.1) is 19.8 Å². The van der Waals surface area contributed by atoms with Gasteiger partial charge in [-0.3, -0.25) is 9.69 Å². The lowest BCUT2D eigenvalue weighted by Crippen LogP contribution is -2.46. The molecular formula is C20H32IN5O3. The highest BCUT2D eigenvalue weighted by molar-refractivity contribution is 14.0. The van der Waals surface area contributed by atoms with Gasteiger partial charge in [-0.25, -0.2) is 4.99 Å². The molecular weight excluding hydrogens is 485 g/mol. The summed E-state index contributed by atoms with van der Waals surface area (Å²) in [4.78, 5) is 20.6. The molecule has 162 valence electrons. The number of halogens is 1. The Balaban J connectivity index is 0.00000300. The number of rotatable bonds is 7. The van der Waals surface area contributed by atoms with Crippen LogP contribution in [0, 0.1) is 0 Å². The number of carbonyl (C=O) groups is 1. The summed E-state index contributed by atoms with van der Waals surface area (Å²) in [6.07, 6.45) is 1.15. The maximum Gasteiger partial charge on any atom is 0.255 e. The number of carbonyl (C=O) groups excluding carboxylic acids is 1.